The van der Waals surface area contributed by atoms with E-state index in [0.717, 1.165) is 22.4 Å². The van der Waals surface area contributed by atoms with E-state index in [2.05, 4.69) is 0 Å². The molecule has 3 nitrogen and oxygen atoms in total. The predicted octanol–water partition coefficient (Wildman–Crippen LogP) is 6.21. The Balaban J connectivity index is 1.63. The van der Waals surface area contributed by atoms with Crippen LogP contribution in [0, 0.1) is 6.92 Å². The highest BCUT2D eigenvalue weighted by Crippen LogP contribution is 2.33. The summed E-state index contributed by atoms with van der Waals surface area (Å²) < 4.78 is 44.5. The minimum atomic E-state index is -3.39. The molecule has 152 valence electrons. The molecule has 0 aliphatic carbocycles. The number of aryl methyl sites for hydroxylation is 1. The molecule has 3 aromatic carbocycles. The van der Waals surface area contributed by atoms with Crippen LogP contribution in [0.15, 0.2) is 72.8 Å². The van der Waals surface area contributed by atoms with Crippen LogP contribution in [0.5, 0.6) is 11.5 Å². The second kappa shape index (κ2) is 9.52. The molecule has 0 spiro atoms. The molecular weight excluding hydrogens is 374 g/mol. The zero-order valence-electron chi connectivity index (χ0n) is 16.5. The molecule has 0 amide bonds. The molecule has 3 rings (SSSR count). The highest BCUT2D eigenvalue weighted by molar-refractivity contribution is 5.64. The van der Waals surface area contributed by atoms with Crippen molar-refractivity contribution < 1.29 is 23.0 Å². The third-order valence-electron chi connectivity index (χ3n) is 4.38. The summed E-state index contributed by atoms with van der Waals surface area (Å²) in [6, 6.07) is 20.2. The molecule has 5 heteroatoms. The van der Waals surface area contributed by atoms with Crippen molar-refractivity contribution in [1.29, 1.82) is 0 Å². The SMILES string of the molecule is CCOCCOc1ccc(-c2ccc(OC(F)(F)c3ccc(C)cc3)cc2)cc1. The van der Waals surface area contributed by atoms with Crippen LogP contribution in [0.25, 0.3) is 11.1 Å². The smallest absolute Gasteiger partial charge is 0.426 e. The maximum atomic E-state index is 14.3. The maximum absolute atomic E-state index is 14.3. The second-order valence-corrected chi connectivity index (χ2v) is 6.58. The molecule has 0 atom stereocenters. The molecule has 3 aromatic rings. The topological polar surface area (TPSA) is 27.7 Å². The summed E-state index contributed by atoms with van der Waals surface area (Å²) in [6.45, 7) is 5.50. The van der Waals surface area contributed by atoms with Crippen LogP contribution in [-0.4, -0.2) is 19.8 Å². The van der Waals surface area contributed by atoms with Crippen LogP contribution < -0.4 is 9.47 Å². The fourth-order valence-electron chi connectivity index (χ4n) is 2.78. The summed E-state index contributed by atoms with van der Waals surface area (Å²) in [5.74, 6) is 0.862. The minimum absolute atomic E-state index is 0.107. The van der Waals surface area contributed by atoms with Gasteiger partial charge in [-0.15, -0.1) is 0 Å². The average Bonchev–Trinajstić information content (AvgIpc) is 2.72. The Bertz CT molecular complexity index is 889. The number of halogens is 2. The number of hydrogen-bond donors (Lipinski definition) is 0. The van der Waals surface area contributed by atoms with E-state index < -0.39 is 6.11 Å². The van der Waals surface area contributed by atoms with Gasteiger partial charge >= 0.3 is 6.11 Å². The lowest BCUT2D eigenvalue weighted by molar-refractivity contribution is -0.185. The quantitative estimate of drug-likeness (QED) is 0.401. The van der Waals surface area contributed by atoms with E-state index in [1.54, 1.807) is 36.4 Å². The molecule has 0 unspecified atom stereocenters. The molecule has 0 aliphatic heterocycles. The van der Waals surface area contributed by atoms with Gasteiger partial charge in [0.2, 0.25) is 0 Å². The fraction of sp³-hybridized carbons (Fsp3) is 0.250. The zero-order valence-corrected chi connectivity index (χ0v) is 16.5. The van der Waals surface area contributed by atoms with Gasteiger partial charge in [-0.25, -0.2) is 0 Å². The van der Waals surface area contributed by atoms with Crippen LogP contribution >= 0.6 is 0 Å². The van der Waals surface area contributed by atoms with Crippen molar-refractivity contribution in [3.05, 3.63) is 83.9 Å². The molecule has 0 bridgehead atoms. The number of alkyl halides is 2. The normalized spacial score (nSPS) is 11.3. The highest BCUT2D eigenvalue weighted by atomic mass is 19.3. The largest absolute Gasteiger partial charge is 0.491 e. The van der Waals surface area contributed by atoms with E-state index >= 15 is 0 Å². The van der Waals surface area contributed by atoms with Crippen LogP contribution in [-0.2, 0) is 10.8 Å². The Labute approximate surface area is 169 Å². The maximum Gasteiger partial charge on any atom is 0.426 e. The van der Waals surface area contributed by atoms with Crippen molar-refractivity contribution in [1.82, 2.24) is 0 Å². The van der Waals surface area contributed by atoms with Gasteiger partial charge < -0.3 is 14.2 Å². The Hall–Kier alpha value is -2.92. The summed E-state index contributed by atoms with van der Waals surface area (Å²) in [6.07, 6.45) is -3.39. The van der Waals surface area contributed by atoms with E-state index in [1.807, 2.05) is 38.1 Å². The van der Waals surface area contributed by atoms with E-state index in [-0.39, 0.29) is 11.3 Å². The van der Waals surface area contributed by atoms with E-state index in [1.165, 1.54) is 12.1 Å². The molecule has 0 radical (unpaired) electrons. The molecule has 0 saturated heterocycles. The molecule has 0 aromatic heterocycles. The summed E-state index contributed by atoms with van der Waals surface area (Å²) in [7, 11) is 0. The van der Waals surface area contributed by atoms with Gasteiger partial charge in [-0.05, 0) is 61.4 Å². The van der Waals surface area contributed by atoms with Gasteiger partial charge in [-0.2, -0.15) is 8.78 Å². The third kappa shape index (κ3) is 5.78. The van der Waals surface area contributed by atoms with Crippen molar-refractivity contribution in [2.45, 2.75) is 20.0 Å². The van der Waals surface area contributed by atoms with Gasteiger partial charge in [-0.1, -0.05) is 42.0 Å². The van der Waals surface area contributed by atoms with Gasteiger partial charge in [0.25, 0.3) is 0 Å². The van der Waals surface area contributed by atoms with E-state index in [4.69, 9.17) is 14.2 Å². The summed E-state index contributed by atoms with van der Waals surface area (Å²) in [5, 5.41) is 0. The zero-order chi connectivity index (χ0) is 20.7. The Morgan fingerprint density at radius 2 is 1.28 bits per heavy atom. The van der Waals surface area contributed by atoms with E-state index in [9.17, 15) is 8.78 Å². The Morgan fingerprint density at radius 3 is 1.83 bits per heavy atom. The third-order valence-corrected chi connectivity index (χ3v) is 4.38. The summed E-state index contributed by atoms with van der Waals surface area (Å²) in [4.78, 5) is 0. The first kappa shape index (κ1) is 20.8. The van der Waals surface area contributed by atoms with Crippen molar-refractivity contribution >= 4 is 0 Å². The van der Waals surface area contributed by atoms with Crippen LogP contribution in [0.2, 0.25) is 0 Å². The van der Waals surface area contributed by atoms with Crippen molar-refractivity contribution in [2.75, 3.05) is 19.8 Å². The first-order valence-corrected chi connectivity index (χ1v) is 9.53. The van der Waals surface area contributed by atoms with Gasteiger partial charge in [-0.3, -0.25) is 0 Å². The number of rotatable bonds is 9. The molecule has 0 aliphatic rings. The molecule has 29 heavy (non-hydrogen) atoms. The number of hydrogen-bond acceptors (Lipinski definition) is 3. The molecular formula is C24H24F2O3. The molecule has 0 heterocycles. The fourth-order valence-corrected chi connectivity index (χ4v) is 2.78. The first-order chi connectivity index (χ1) is 14.0. The Morgan fingerprint density at radius 1 is 0.724 bits per heavy atom. The monoisotopic (exact) mass is 398 g/mol. The average molecular weight is 398 g/mol. The van der Waals surface area contributed by atoms with Gasteiger partial charge in [0.15, 0.2) is 0 Å². The molecule has 0 N–H and O–H groups in total. The van der Waals surface area contributed by atoms with Gasteiger partial charge in [0.1, 0.15) is 18.1 Å². The minimum Gasteiger partial charge on any atom is -0.491 e. The lowest BCUT2D eigenvalue weighted by Gasteiger charge is -2.18. The van der Waals surface area contributed by atoms with Crippen LogP contribution in [0.3, 0.4) is 0 Å². The van der Waals surface area contributed by atoms with Crippen LogP contribution in [0.4, 0.5) is 8.78 Å². The summed E-state index contributed by atoms with van der Waals surface area (Å²) in [5.41, 5.74) is 2.60. The summed E-state index contributed by atoms with van der Waals surface area (Å²) >= 11 is 0. The molecule has 0 saturated carbocycles. The van der Waals surface area contributed by atoms with Gasteiger partial charge in [0, 0.05) is 6.61 Å². The van der Waals surface area contributed by atoms with E-state index in [0.29, 0.717) is 19.8 Å². The Kier molecular flexibility index (Phi) is 6.83. The predicted molar refractivity (Wildman–Crippen MR) is 110 cm³/mol. The second-order valence-electron chi connectivity index (χ2n) is 6.58. The lowest BCUT2D eigenvalue weighted by atomic mass is 10.1. The standard InChI is InChI=1S/C24H24F2O3/c1-3-27-16-17-28-22-12-6-19(7-13-22)20-8-14-23(15-9-20)29-24(25,26)21-10-4-18(2)5-11-21/h4-15H,3,16-17H2,1-2H3. The highest BCUT2D eigenvalue weighted by Gasteiger charge is 2.34. The first-order valence-electron chi connectivity index (χ1n) is 9.53. The lowest BCUT2D eigenvalue weighted by Crippen LogP contribution is -2.21. The van der Waals surface area contributed by atoms with Crippen molar-refractivity contribution in [2.24, 2.45) is 0 Å². The van der Waals surface area contributed by atoms with Gasteiger partial charge in [0.05, 0.1) is 12.2 Å². The molecule has 0 fully saturated rings. The number of benzene rings is 3. The van der Waals surface area contributed by atoms with Crippen molar-refractivity contribution in [3.8, 4) is 22.6 Å². The number of ether oxygens (including phenoxy) is 3. The van der Waals surface area contributed by atoms with Crippen LogP contribution in [0.1, 0.15) is 18.1 Å². The van der Waals surface area contributed by atoms with Crippen molar-refractivity contribution in [3.63, 3.8) is 0 Å².